The highest BCUT2D eigenvalue weighted by Gasteiger charge is 2.17. The molecule has 3 nitrogen and oxygen atoms in total. The van der Waals surface area contributed by atoms with E-state index in [1.54, 1.807) is 0 Å². The average molecular weight is 370 g/mol. The van der Waals surface area contributed by atoms with Crippen molar-refractivity contribution in [2.24, 2.45) is 0 Å². The maximum absolute atomic E-state index is 12.2. The number of benzene rings is 2. The van der Waals surface area contributed by atoms with Crippen LogP contribution in [0.4, 0.5) is 4.79 Å². The first-order chi connectivity index (χ1) is 12.7. The molecule has 1 unspecified atom stereocenters. The van der Waals surface area contributed by atoms with Crippen LogP contribution < -0.4 is 5.32 Å². The van der Waals surface area contributed by atoms with Crippen LogP contribution in [-0.4, -0.2) is 12.7 Å². The van der Waals surface area contributed by atoms with Gasteiger partial charge in [-0.2, -0.15) is 0 Å². The molecule has 1 amide bonds. The minimum absolute atomic E-state index is 0.285. The van der Waals surface area contributed by atoms with Crippen molar-refractivity contribution >= 4 is 17.7 Å². The Balaban J connectivity index is 1.95. The largest absolute Gasteiger partial charge is 0.449 e. The summed E-state index contributed by atoms with van der Waals surface area (Å²) in [5.41, 5.74) is 1.92. The second kappa shape index (κ2) is 11.2. The van der Waals surface area contributed by atoms with Crippen LogP contribution in [0.2, 0.25) is 5.02 Å². The first-order valence-corrected chi connectivity index (χ1v) is 9.28. The molecular formula is C22H24ClNO2. The standard InChI is InChI=1S/C22H24ClNO2/c1-2-3-4-5-6-10-17-26-22(25)24-21(18-11-8-7-9-12-18)19-13-15-20(23)16-14-19/h7-9,11-16,21H,2-4,10,17H2,1H3,(H,24,25). The van der Waals surface area contributed by atoms with Crippen molar-refractivity contribution in [3.05, 3.63) is 70.7 Å². The highest BCUT2D eigenvalue weighted by molar-refractivity contribution is 6.30. The van der Waals surface area contributed by atoms with Crippen LogP contribution in [0, 0.1) is 11.8 Å². The molecule has 0 spiro atoms. The van der Waals surface area contributed by atoms with Gasteiger partial charge < -0.3 is 10.1 Å². The average Bonchev–Trinajstić information content (AvgIpc) is 2.67. The number of alkyl carbamates (subject to hydrolysis) is 1. The molecule has 136 valence electrons. The van der Waals surface area contributed by atoms with Crippen molar-refractivity contribution in [1.29, 1.82) is 0 Å². The zero-order valence-electron chi connectivity index (χ0n) is 15.0. The van der Waals surface area contributed by atoms with Crippen LogP contribution in [0.5, 0.6) is 0 Å². The number of ether oxygens (including phenoxy) is 1. The quantitative estimate of drug-likeness (QED) is 0.499. The molecule has 0 saturated carbocycles. The molecule has 2 aromatic carbocycles. The van der Waals surface area contributed by atoms with E-state index in [-0.39, 0.29) is 12.6 Å². The summed E-state index contributed by atoms with van der Waals surface area (Å²) in [6.45, 7) is 2.42. The Morgan fingerprint density at radius 3 is 2.38 bits per heavy atom. The third-order valence-electron chi connectivity index (χ3n) is 3.84. The fraction of sp³-hybridized carbons (Fsp3) is 0.318. The van der Waals surface area contributed by atoms with Crippen LogP contribution in [0.1, 0.15) is 49.8 Å². The fourth-order valence-corrected chi connectivity index (χ4v) is 2.58. The van der Waals surface area contributed by atoms with E-state index in [1.165, 1.54) is 0 Å². The third kappa shape index (κ3) is 6.82. The molecule has 0 aliphatic rings. The summed E-state index contributed by atoms with van der Waals surface area (Å²) in [6, 6.07) is 16.9. The summed E-state index contributed by atoms with van der Waals surface area (Å²) in [4.78, 5) is 12.2. The van der Waals surface area contributed by atoms with Gasteiger partial charge in [-0.15, -0.1) is 5.92 Å². The molecular weight excluding hydrogens is 346 g/mol. The molecule has 26 heavy (non-hydrogen) atoms. The van der Waals surface area contributed by atoms with E-state index < -0.39 is 6.09 Å². The lowest BCUT2D eigenvalue weighted by molar-refractivity contribution is 0.146. The Morgan fingerprint density at radius 2 is 1.69 bits per heavy atom. The lowest BCUT2D eigenvalue weighted by Crippen LogP contribution is -2.30. The number of unbranched alkanes of at least 4 members (excludes halogenated alkanes) is 2. The van der Waals surface area contributed by atoms with Gasteiger partial charge in [-0.05, 0) is 29.7 Å². The van der Waals surface area contributed by atoms with Crippen molar-refractivity contribution in [2.45, 2.75) is 38.6 Å². The van der Waals surface area contributed by atoms with Gasteiger partial charge in [-0.3, -0.25) is 0 Å². The van der Waals surface area contributed by atoms with E-state index in [2.05, 4.69) is 24.1 Å². The van der Waals surface area contributed by atoms with E-state index in [9.17, 15) is 4.79 Å². The summed E-state index contributed by atoms with van der Waals surface area (Å²) in [5.74, 6) is 6.11. The van der Waals surface area contributed by atoms with Crippen LogP contribution in [0.25, 0.3) is 0 Å². The molecule has 1 atom stereocenters. The number of amides is 1. The highest BCUT2D eigenvalue weighted by atomic mass is 35.5. The Bertz CT molecular complexity index is 732. The number of nitrogens with one attached hydrogen (secondary N) is 1. The van der Waals surface area contributed by atoms with E-state index >= 15 is 0 Å². The molecule has 0 aromatic heterocycles. The minimum Gasteiger partial charge on any atom is -0.449 e. The van der Waals surface area contributed by atoms with E-state index in [4.69, 9.17) is 16.3 Å². The molecule has 1 N–H and O–H groups in total. The summed E-state index contributed by atoms with van der Waals surface area (Å²) in [5, 5.41) is 3.59. The summed E-state index contributed by atoms with van der Waals surface area (Å²) >= 11 is 5.97. The van der Waals surface area contributed by atoms with Gasteiger partial charge in [-0.1, -0.05) is 73.3 Å². The van der Waals surface area contributed by atoms with Crippen LogP contribution >= 0.6 is 11.6 Å². The van der Waals surface area contributed by atoms with Crippen LogP contribution in [0.15, 0.2) is 54.6 Å². The van der Waals surface area contributed by atoms with Gasteiger partial charge in [0.25, 0.3) is 0 Å². The predicted molar refractivity (Wildman–Crippen MR) is 106 cm³/mol. The Morgan fingerprint density at radius 1 is 1.04 bits per heavy atom. The molecule has 2 rings (SSSR count). The lowest BCUT2D eigenvalue weighted by atomic mass is 9.99. The predicted octanol–water partition coefficient (Wildman–Crippen LogP) is 5.74. The number of carbonyl (C=O) groups excluding carboxylic acids is 1. The van der Waals surface area contributed by atoms with Crippen molar-refractivity contribution in [2.75, 3.05) is 6.61 Å². The van der Waals surface area contributed by atoms with Gasteiger partial charge in [0.1, 0.15) is 6.61 Å². The van der Waals surface area contributed by atoms with E-state index in [0.717, 1.165) is 30.4 Å². The van der Waals surface area contributed by atoms with Gasteiger partial charge in [0.15, 0.2) is 0 Å². The summed E-state index contributed by atoms with van der Waals surface area (Å²) in [7, 11) is 0. The molecule has 0 saturated heterocycles. The maximum Gasteiger partial charge on any atom is 0.407 e. The molecule has 0 aliphatic carbocycles. The van der Waals surface area contributed by atoms with Crippen molar-refractivity contribution < 1.29 is 9.53 Å². The molecule has 0 heterocycles. The smallest absolute Gasteiger partial charge is 0.407 e. The maximum atomic E-state index is 12.2. The molecule has 2 aromatic rings. The Labute approximate surface area is 160 Å². The monoisotopic (exact) mass is 369 g/mol. The number of halogens is 1. The SMILES string of the molecule is CCCCC#CCCOC(=O)NC(c1ccccc1)c1ccc(Cl)cc1. The second-order valence-electron chi connectivity index (χ2n) is 5.88. The highest BCUT2D eigenvalue weighted by Crippen LogP contribution is 2.23. The zero-order valence-corrected chi connectivity index (χ0v) is 15.8. The number of rotatable bonds is 7. The fourth-order valence-electron chi connectivity index (χ4n) is 2.46. The first kappa shape index (κ1) is 19.9. The van der Waals surface area contributed by atoms with Gasteiger partial charge in [0.05, 0.1) is 6.04 Å². The van der Waals surface area contributed by atoms with Crippen molar-refractivity contribution in [1.82, 2.24) is 5.32 Å². The van der Waals surface area contributed by atoms with Crippen molar-refractivity contribution in [3.8, 4) is 11.8 Å². The molecule has 0 fully saturated rings. The first-order valence-electron chi connectivity index (χ1n) is 8.90. The minimum atomic E-state index is -0.454. The Kier molecular flexibility index (Phi) is 8.59. The van der Waals surface area contributed by atoms with Crippen LogP contribution in [0.3, 0.4) is 0 Å². The van der Waals surface area contributed by atoms with E-state index in [1.807, 2.05) is 54.6 Å². The molecule has 4 heteroatoms. The van der Waals surface area contributed by atoms with Gasteiger partial charge in [-0.25, -0.2) is 4.79 Å². The number of hydrogen-bond acceptors (Lipinski definition) is 2. The van der Waals surface area contributed by atoms with Crippen LogP contribution in [-0.2, 0) is 4.74 Å². The van der Waals surface area contributed by atoms with Gasteiger partial charge in [0.2, 0.25) is 0 Å². The second-order valence-corrected chi connectivity index (χ2v) is 6.32. The topological polar surface area (TPSA) is 38.3 Å². The van der Waals surface area contributed by atoms with Gasteiger partial charge >= 0.3 is 6.09 Å². The van der Waals surface area contributed by atoms with Gasteiger partial charge in [0, 0.05) is 17.9 Å². The molecule has 0 radical (unpaired) electrons. The summed E-state index contributed by atoms with van der Waals surface area (Å²) < 4.78 is 5.27. The summed E-state index contributed by atoms with van der Waals surface area (Å²) in [6.07, 6.45) is 3.24. The zero-order chi connectivity index (χ0) is 18.6. The Hall–Kier alpha value is -2.44. The normalized spacial score (nSPS) is 11.2. The number of carbonyl (C=O) groups is 1. The van der Waals surface area contributed by atoms with Crippen molar-refractivity contribution in [3.63, 3.8) is 0 Å². The van der Waals surface area contributed by atoms with E-state index in [0.29, 0.717) is 11.4 Å². The number of hydrogen-bond donors (Lipinski definition) is 1. The molecule has 0 bridgehead atoms. The molecule has 0 aliphatic heterocycles. The third-order valence-corrected chi connectivity index (χ3v) is 4.09. The lowest BCUT2D eigenvalue weighted by Gasteiger charge is -2.19.